The molecule has 204 valence electrons. The fourth-order valence-corrected chi connectivity index (χ4v) is 5.50. The highest BCUT2D eigenvalue weighted by Gasteiger charge is 2.61. The highest BCUT2D eigenvalue weighted by molar-refractivity contribution is 6.31. The summed E-state index contributed by atoms with van der Waals surface area (Å²) in [5, 5.41) is 27.6. The van der Waals surface area contributed by atoms with Crippen LogP contribution < -0.4 is 16.0 Å². The van der Waals surface area contributed by atoms with Crippen molar-refractivity contribution in [1.29, 1.82) is 5.26 Å². The Bertz CT molecular complexity index is 1250. The number of amides is 2. The van der Waals surface area contributed by atoms with Crippen molar-refractivity contribution >= 4 is 35.2 Å². The third kappa shape index (κ3) is 6.20. The van der Waals surface area contributed by atoms with Gasteiger partial charge in [0.15, 0.2) is 0 Å². The van der Waals surface area contributed by atoms with Gasteiger partial charge in [-0.1, -0.05) is 62.2 Å². The first kappa shape index (κ1) is 29.6. The molecular formula is C27H30Cl2F2N4O3. The topological polar surface area (TPSA) is 114 Å². The van der Waals surface area contributed by atoms with Crippen molar-refractivity contribution in [2.75, 3.05) is 13.1 Å². The Labute approximate surface area is 230 Å². The molecule has 0 radical (unpaired) electrons. The molecule has 11 heteroatoms. The first-order chi connectivity index (χ1) is 17.8. The molecule has 3 rings (SSSR count). The van der Waals surface area contributed by atoms with Crippen molar-refractivity contribution < 1.29 is 23.5 Å². The SMILES string of the molecule is CC(C)(C)C[C@@H]1N[C@@H](C(=O)NCCCNC(=O)O)C(c2cccc(Cl)c2F)C1(C#N)c1ccc(Cl)cc1F. The Morgan fingerprint density at radius 1 is 1.16 bits per heavy atom. The average Bonchev–Trinajstić information content (AvgIpc) is 3.13. The summed E-state index contributed by atoms with van der Waals surface area (Å²) in [6.45, 7) is 6.10. The van der Waals surface area contributed by atoms with Crippen LogP contribution in [0.15, 0.2) is 36.4 Å². The molecule has 2 aromatic carbocycles. The quantitative estimate of drug-likeness (QED) is 0.321. The van der Waals surface area contributed by atoms with Crippen LogP contribution >= 0.6 is 23.2 Å². The van der Waals surface area contributed by atoms with E-state index in [0.717, 1.165) is 6.07 Å². The van der Waals surface area contributed by atoms with E-state index in [0.29, 0.717) is 12.8 Å². The highest BCUT2D eigenvalue weighted by atomic mass is 35.5. The van der Waals surface area contributed by atoms with Crippen molar-refractivity contribution in [3.05, 3.63) is 69.2 Å². The second-order valence-corrected chi connectivity index (χ2v) is 11.4. The summed E-state index contributed by atoms with van der Waals surface area (Å²) in [4.78, 5) is 24.2. The van der Waals surface area contributed by atoms with E-state index >= 15 is 8.78 Å². The summed E-state index contributed by atoms with van der Waals surface area (Å²) in [5.41, 5.74) is -2.06. The zero-order chi connectivity index (χ0) is 28.3. The number of nitrogens with zero attached hydrogens (tertiary/aromatic N) is 1. The van der Waals surface area contributed by atoms with E-state index in [9.17, 15) is 14.9 Å². The van der Waals surface area contributed by atoms with E-state index in [-0.39, 0.29) is 39.7 Å². The average molecular weight is 567 g/mol. The van der Waals surface area contributed by atoms with E-state index in [2.05, 4.69) is 22.0 Å². The fourth-order valence-electron chi connectivity index (χ4n) is 5.16. The van der Waals surface area contributed by atoms with E-state index in [1.807, 2.05) is 20.8 Å². The molecule has 0 spiro atoms. The molecular weight excluding hydrogens is 537 g/mol. The molecule has 4 N–H and O–H groups in total. The van der Waals surface area contributed by atoms with Gasteiger partial charge in [-0.3, -0.25) is 4.79 Å². The smallest absolute Gasteiger partial charge is 0.404 e. The number of carbonyl (C=O) groups excluding carboxylic acids is 1. The molecule has 4 atom stereocenters. The predicted octanol–water partition coefficient (Wildman–Crippen LogP) is 5.37. The van der Waals surface area contributed by atoms with Crippen LogP contribution in [0.25, 0.3) is 0 Å². The van der Waals surface area contributed by atoms with Crippen LogP contribution in [0, 0.1) is 28.4 Å². The lowest BCUT2D eigenvalue weighted by Crippen LogP contribution is -2.46. The molecule has 38 heavy (non-hydrogen) atoms. The summed E-state index contributed by atoms with van der Waals surface area (Å²) < 4.78 is 31.1. The summed E-state index contributed by atoms with van der Waals surface area (Å²) in [7, 11) is 0. The van der Waals surface area contributed by atoms with E-state index < -0.39 is 47.1 Å². The third-order valence-electron chi connectivity index (χ3n) is 6.66. The number of halogens is 4. The van der Waals surface area contributed by atoms with Crippen LogP contribution in [-0.4, -0.2) is 42.3 Å². The molecule has 2 unspecified atom stereocenters. The van der Waals surface area contributed by atoms with E-state index in [1.165, 1.54) is 30.3 Å². The summed E-state index contributed by atoms with van der Waals surface area (Å²) >= 11 is 12.1. The monoisotopic (exact) mass is 566 g/mol. The maximum atomic E-state index is 15.6. The van der Waals surface area contributed by atoms with Gasteiger partial charge in [0, 0.05) is 35.6 Å². The van der Waals surface area contributed by atoms with Crippen molar-refractivity contribution in [2.45, 2.75) is 57.0 Å². The Hall–Kier alpha value is -2.93. The van der Waals surface area contributed by atoms with Crippen molar-refractivity contribution in [3.8, 4) is 6.07 Å². The molecule has 0 bridgehead atoms. The molecule has 2 aromatic rings. The Morgan fingerprint density at radius 2 is 1.84 bits per heavy atom. The number of hydrogen-bond donors (Lipinski definition) is 4. The van der Waals surface area contributed by atoms with Gasteiger partial charge in [0.05, 0.1) is 17.1 Å². The zero-order valence-electron chi connectivity index (χ0n) is 21.2. The lowest BCUT2D eigenvalue weighted by atomic mass is 9.62. The number of nitrogens with one attached hydrogen (secondary N) is 3. The number of rotatable bonds is 8. The standard InChI is InChI=1S/C27H30Cl2F2N4O3/c1-26(2,3)13-20-27(14-32,17-9-8-15(28)12-19(17)30)21(16-6-4-7-18(29)22(16)31)23(35-20)24(36)33-10-5-11-34-25(37)38/h4,6-9,12,20-21,23,34-35H,5,10-11,13H2,1-3H3,(H,33,36)(H,37,38)/t20-,21?,23+,27?/m0/s1. The number of benzene rings is 2. The third-order valence-corrected chi connectivity index (χ3v) is 7.19. The zero-order valence-corrected chi connectivity index (χ0v) is 22.8. The van der Waals surface area contributed by atoms with Gasteiger partial charge in [-0.15, -0.1) is 0 Å². The Balaban J connectivity index is 2.17. The Kier molecular flexibility index (Phi) is 9.24. The van der Waals surface area contributed by atoms with Gasteiger partial charge in [0.1, 0.15) is 17.0 Å². The summed E-state index contributed by atoms with van der Waals surface area (Å²) in [5.74, 6) is -3.23. The van der Waals surface area contributed by atoms with Crippen molar-refractivity contribution in [3.63, 3.8) is 0 Å². The molecule has 1 aliphatic heterocycles. The molecule has 0 aliphatic carbocycles. The van der Waals surface area contributed by atoms with Crippen LogP contribution in [0.4, 0.5) is 13.6 Å². The van der Waals surface area contributed by atoms with Crippen molar-refractivity contribution in [1.82, 2.24) is 16.0 Å². The number of carboxylic acid groups (broad SMARTS) is 1. The van der Waals surface area contributed by atoms with Gasteiger partial charge >= 0.3 is 6.09 Å². The maximum absolute atomic E-state index is 15.6. The van der Waals surface area contributed by atoms with Gasteiger partial charge in [0.25, 0.3) is 0 Å². The van der Waals surface area contributed by atoms with Crippen LogP contribution in [-0.2, 0) is 10.2 Å². The van der Waals surface area contributed by atoms with Crippen LogP contribution in [0.1, 0.15) is 50.7 Å². The summed E-state index contributed by atoms with van der Waals surface area (Å²) in [6, 6.07) is 8.69. The minimum absolute atomic E-state index is 0.00326. The molecule has 1 fully saturated rings. The second-order valence-electron chi connectivity index (χ2n) is 10.6. The van der Waals surface area contributed by atoms with Gasteiger partial charge in [-0.2, -0.15) is 5.26 Å². The molecule has 1 saturated heterocycles. The first-order valence-corrected chi connectivity index (χ1v) is 12.9. The fraction of sp³-hybridized carbons (Fsp3) is 0.444. The van der Waals surface area contributed by atoms with E-state index in [4.69, 9.17) is 28.3 Å². The van der Waals surface area contributed by atoms with Gasteiger partial charge in [-0.05, 0) is 42.0 Å². The molecule has 1 heterocycles. The molecule has 2 amide bonds. The van der Waals surface area contributed by atoms with Crippen LogP contribution in [0.3, 0.4) is 0 Å². The number of nitriles is 1. The number of carbonyl (C=O) groups is 2. The van der Waals surface area contributed by atoms with Crippen LogP contribution in [0.2, 0.25) is 10.0 Å². The second kappa shape index (κ2) is 11.9. The molecule has 0 saturated carbocycles. The molecule has 7 nitrogen and oxygen atoms in total. The predicted molar refractivity (Wildman–Crippen MR) is 141 cm³/mol. The van der Waals surface area contributed by atoms with Gasteiger partial charge < -0.3 is 21.1 Å². The minimum Gasteiger partial charge on any atom is -0.465 e. The largest absolute Gasteiger partial charge is 0.465 e. The van der Waals surface area contributed by atoms with E-state index in [1.54, 1.807) is 0 Å². The molecule has 1 aliphatic rings. The van der Waals surface area contributed by atoms with Crippen molar-refractivity contribution in [2.24, 2.45) is 5.41 Å². The molecule has 0 aromatic heterocycles. The minimum atomic E-state index is -1.71. The summed E-state index contributed by atoms with van der Waals surface area (Å²) in [6.07, 6.45) is -0.519. The maximum Gasteiger partial charge on any atom is 0.404 e. The lowest BCUT2D eigenvalue weighted by molar-refractivity contribution is -0.123. The first-order valence-electron chi connectivity index (χ1n) is 12.1. The van der Waals surface area contributed by atoms with Gasteiger partial charge in [-0.25, -0.2) is 13.6 Å². The highest BCUT2D eigenvalue weighted by Crippen LogP contribution is 2.52. The van der Waals surface area contributed by atoms with Gasteiger partial charge in [0.2, 0.25) is 5.91 Å². The number of hydrogen-bond acceptors (Lipinski definition) is 4. The Morgan fingerprint density at radius 3 is 2.45 bits per heavy atom. The normalized spacial score (nSPS) is 23.1. The lowest BCUT2D eigenvalue weighted by Gasteiger charge is -2.37. The van der Waals surface area contributed by atoms with Crippen LogP contribution in [0.5, 0.6) is 0 Å².